The van der Waals surface area contributed by atoms with Crippen LogP contribution in [0.5, 0.6) is 0 Å². The fraction of sp³-hybridized carbons (Fsp3) is 0.222. The van der Waals surface area contributed by atoms with Gasteiger partial charge in [-0.2, -0.15) is 0 Å². The van der Waals surface area contributed by atoms with E-state index in [4.69, 9.17) is 16.3 Å². The van der Waals surface area contributed by atoms with Crippen LogP contribution in [0.2, 0.25) is 5.02 Å². The predicted octanol–water partition coefficient (Wildman–Crippen LogP) is 2.69. The molecular weight excluding hydrogens is 392 g/mol. The summed E-state index contributed by atoms with van der Waals surface area (Å²) in [5, 5.41) is 2.63. The van der Waals surface area contributed by atoms with E-state index in [9.17, 15) is 18.0 Å². The number of ether oxygens (including phenoxy) is 1. The normalized spacial score (nSPS) is 11.3. The second-order valence-electron chi connectivity index (χ2n) is 5.92. The van der Waals surface area contributed by atoms with Gasteiger partial charge < -0.3 is 10.1 Å². The van der Waals surface area contributed by atoms with Crippen LogP contribution in [-0.4, -0.2) is 45.3 Å². The summed E-state index contributed by atoms with van der Waals surface area (Å²) in [5.41, 5.74) is 1.41. The average Bonchev–Trinajstić information content (AvgIpc) is 2.59. The molecule has 0 unspecified atom stereocenters. The first kappa shape index (κ1) is 20.9. The van der Waals surface area contributed by atoms with E-state index in [1.165, 1.54) is 26.2 Å². The molecule has 7 nitrogen and oxygen atoms in total. The van der Waals surface area contributed by atoms with Crippen LogP contribution in [0.3, 0.4) is 0 Å². The Bertz CT molecular complexity index is 973. The van der Waals surface area contributed by atoms with Gasteiger partial charge in [-0.15, -0.1) is 0 Å². The highest BCUT2D eigenvalue weighted by molar-refractivity contribution is 7.89. The first-order valence-electron chi connectivity index (χ1n) is 7.87. The van der Waals surface area contributed by atoms with Crippen molar-refractivity contribution in [2.45, 2.75) is 11.8 Å². The van der Waals surface area contributed by atoms with E-state index in [-0.39, 0.29) is 15.5 Å². The van der Waals surface area contributed by atoms with Crippen molar-refractivity contribution in [2.24, 2.45) is 0 Å². The molecule has 1 N–H and O–H groups in total. The van der Waals surface area contributed by atoms with Gasteiger partial charge in [-0.05, 0) is 42.8 Å². The molecule has 0 aliphatic rings. The van der Waals surface area contributed by atoms with E-state index in [0.29, 0.717) is 5.69 Å². The summed E-state index contributed by atoms with van der Waals surface area (Å²) in [6, 6.07) is 10.9. The fourth-order valence-electron chi connectivity index (χ4n) is 2.16. The number of nitrogens with zero attached hydrogens (tertiary/aromatic N) is 1. The van der Waals surface area contributed by atoms with E-state index < -0.39 is 28.5 Å². The van der Waals surface area contributed by atoms with Crippen LogP contribution in [0.15, 0.2) is 47.4 Å². The third kappa shape index (κ3) is 5.29. The summed E-state index contributed by atoms with van der Waals surface area (Å²) in [7, 11) is -0.993. The average molecular weight is 411 g/mol. The lowest BCUT2D eigenvalue weighted by molar-refractivity contribution is -0.119. The summed E-state index contributed by atoms with van der Waals surface area (Å²) in [5.74, 6) is -1.42. The van der Waals surface area contributed by atoms with Crippen molar-refractivity contribution in [1.29, 1.82) is 0 Å². The number of carbonyl (C=O) groups is 2. The van der Waals surface area contributed by atoms with Crippen molar-refractivity contribution in [3.05, 3.63) is 58.6 Å². The lowest BCUT2D eigenvalue weighted by Crippen LogP contribution is -2.23. The second-order valence-corrected chi connectivity index (χ2v) is 8.48. The zero-order valence-electron chi connectivity index (χ0n) is 15.0. The SMILES string of the molecule is Cc1cccc(NC(=O)COC(=O)c2cc(S(=O)(=O)N(C)C)ccc2Cl)c1. The maximum absolute atomic E-state index is 12.2. The van der Waals surface area contributed by atoms with Gasteiger partial charge in [0.25, 0.3) is 5.91 Å². The highest BCUT2D eigenvalue weighted by Crippen LogP contribution is 2.23. The second kappa shape index (κ2) is 8.51. The van der Waals surface area contributed by atoms with Crippen LogP contribution in [-0.2, 0) is 19.6 Å². The Labute approximate surface area is 162 Å². The van der Waals surface area contributed by atoms with E-state index in [2.05, 4.69) is 5.32 Å². The molecule has 9 heteroatoms. The van der Waals surface area contributed by atoms with E-state index in [1.54, 1.807) is 18.2 Å². The molecule has 0 saturated heterocycles. The van der Waals surface area contributed by atoms with Crippen molar-refractivity contribution < 1.29 is 22.7 Å². The number of benzene rings is 2. The summed E-state index contributed by atoms with van der Waals surface area (Å²) in [4.78, 5) is 24.1. The van der Waals surface area contributed by atoms with Crippen molar-refractivity contribution in [3.63, 3.8) is 0 Å². The Hall–Kier alpha value is -2.42. The Kier molecular flexibility index (Phi) is 6.59. The maximum Gasteiger partial charge on any atom is 0.340 e. The summed E-state index contributed by atoms with van der Waals surface area (Å²) in [6.45, 7) is 1.35. The topological polar surface area (TPSA) is 92.8 Å². The Morgan fingerprint density at radius 3 is 2.48 bits per heavy atom. The molecule has 2 aromatic rings. The van der Waals surface area contributed by atoms with Crippen molar-refractivity contribution in [2.75, 3.05) is 26.0 Å². The number of carbonyl (C=O) groups excluding carboxylic acids is 2. The van der Waals surface area contributed by atoms with Gasteiger partial charge in [0.1, 0.15) is 0 Å². The van der Waals surface area contributed by atoms with Crippen molar-refractivity contribution in [1.82, 2.24) is 4.31 Å². The van der Waals surface area contributed by atoms with Gasteiger partial charge in [0.05, 0.1) is 15.5 Å². The molecule has 0 atom stereocenters. The van der Waals surface area contributed by atoms with Crippen molar-refractivity contribution >= 4 is 39.2 Å². The molecule has 2 aromatic carbocycles. The first-order valence-corrected chi connectivity index (χ1v) is 9.69. The van der Waals surface area contributed by atoms with Crippen LogP contribution in [0.4, 0.5) is 5.69 Å². The fourth-order valence-corrected chi connectivity index (χ4v) is 3.28. The number of nitrogens with one attached hydrogen (secondary N) is 1. The highest BCUT2D eigenvalue weighted by atomic mass is 35.5. The molecule has 0 aliphatic heterocycles. The molecular formula is C18H19ClN2O5S. The van der Waals surface area contributed by atoms with Crippen LogP contribution in [0.25, 0.3) is 0 Å². The quantitative estimate of drug-likeness (QED) is 0.739. The van der Waals surface area contributed by atoms with Gasteiger partial charge in [-0.1, -0.05) is 23.7 Å². The van der Waals surface area contributed by atoms with Crippen LogP contribution < -0.4 is 5.32 Å². The molecule has 0 saturated carbocycles. The Balaban J connectivity index is 2.08. The first-order chi connectivity index (χ1) is 12.6. The molecule has 0 heterocycles. The van der Waals surface area contributed by atoms with Crippen LogP contribution >= 0.6 is 11.6 Å². The van der Waals surface area contributed by atoms with E-state index in [1.807, 2.05) is 13.0 Å². The summed E-state index contributed by atoms with van der Waals surface area (Å²) >= 11 is 5.97. The predicted molar refractivity (Wildman–Crippen MR) is 102 cm³/mol. The number of aryl methyl sites for hydroxylation is 1. The Morgan fingerprint density at radius 1 is 1.15 bits per heavy atom. The maximum atomic E-state index is 12.2. The number of hydrogen-bond acceptors (Lipinski definition) is 5. The van der Waals surface area contributed by atoms with Gasteiger partial charge in [0, 0.05) is 19.8 Å². The summed E-state index contributed by atoms with van der Waals surface area (Å²) < 4.78 is 30.3. The minimum Gasteiger partial charge on any atom is -0.452 e. The molecule has 0 fully saturated rings. The van der Waals surface area contributed by atoms with Gasteiger partial charge in [0.15, 0.2) is 6.61 Å². The number of anilines is 1. The third-order valence-corrected chi connectivity index (χ3v) is 5.71. The minimum atomic E-state index is -3.74. The molecule has 0 radical (unpaired) electrons. The largest absolute Gasteiger partial charge is 0.452 e. The van der Waals surface area contributed by atoms with Crippen molar-refractivity contribution in [3.8, 4) is 0 Å². The molecule has 0 bridgehead atoms. The molecule has 144 valence electrons. The zero-order valence-corrected chi connectivity index (χ0v) is 16.6. The molecule has 1 amide bonds. The lowest BCUT2D eigenvalue weighted by Gasteiger charge is -2.13. The molecule has 0 aromatic heterocycles. The Morgan fingerprint density at radius 2 is 1.85 bits per heavy atom. The number of sulfonamides is 1. The highest BCUT2D eigenvalue weighted by Gasteiger charge is 2.22. The van der Waals surface area contributed by atoms with Gasteiger partial charge in [-0.25, -0.2) is 17.5 Å². The minimum absolute atomic E-state index is 0.0248. The monoisotopic (exact) mass is 410 g/mol. The van der Waals surface area contributed by atoms with Crippen LogP contribution in [0, 0.1) is 6.92 Å². The molecule has 2 rings (SSSR count). The van der Waals surface area contributed by atoms with Crippen LogP contribution in [0.1, 0.15) is 15.9 Å². The number of halogens is 1. The standard InChI is InChI=1S/C18H19ClN2O5S/c1-12-5-4-6-13(9-12)20-17(22)11-26-18(23)15-10-14(7-8-16(15)19)27(24,25)21(2)3/h4-10H,11H2,1-3H3,(H,20,22). The van der Waals surface area contributed by atoms with Gasteiger partial charge in [-0.3, -0.25) is 4.79 Å². The number of esters is 1. The molecule has 27 heavy (non-hydrogen) atoms. The van der Waals surface area contributed by atoms with Gasteiger partial charge in [0.2, 0.25) is 10.0 Å². The zero-order chi connectivity index (χ0) is 20.2. The smallest absolute Gasteiger partial charge is 0.340 e. The summed E-state index contributed by atoms with van der Waals surface area (Å²) in [6.07, 6.45) is 0. The number of rotatable bonds is 6. The molecule has 0 aliphatic carbocycles. The van der Waals surface area contributed by atoms with E-state index in [0.717, 1.165) is 15.9 Å². The third-order valence-electron chi connectivity index (χ3n) is 3.57. The number of hydrogen-bond donors (Lipinski definition) is 1. The van der Waals surface area contributed by atoms with E-state index >= 15 is 0 Å². The number of amides is 1. The van der Waals surface area contributed by atoms with Gasteiger partial charge >= 0.3 is 5.97 Å². The lowest BCUT2D eigenvalue weighted by atomic mass is 10.2. The molecule has 0 spiro atoms.